The van der Waals surface area contributed by atoms with Crippen molar-refractivity contribution in [2.45, 2.75) is 42.9 Å². The van der Waals surface area contributed by atoms with Gasteiger partial charge in [0.25, 0.3) is 0 Å². The van der Waals surface area contributed by atoms with E-state index in [9.17, 15) is 21.6 Å². The third-order valence-corrected chi connectivity index (χ3v) is 7.58. The molecule has 1 rings (SSSR count). The van der Waals surface area contributed by atoms with Gasteiger partial charge < -0.3 is 0 Å². The fraction of sp³-hybridized carbons (Fsp3) is 0.600. The second-order valence-corrected chi connectivity index (χ2v) is 9.78. The zero-order valence-electron chi connectivity index (χ0n) is 13.6. The van der Waals surface area contributed by atoms with Gasteiger partial charge in [-0.15, -0.1) is 0 Å². The Labute approximate surface area is 138 Å². The first-order valence-corrected chi connectivity index (χ1v) is 11.4. The highest BCUT2D eigenvalue weighted by Gasteiger charge is 2.36. The van der Waals surface area contributed by atoms with Crippen molar-refractivity contribution in [2.75, 3.05) is 19.5 Å². The van der Waals surface area contributed by atoms with Crippen molar-refractivity contribution < 1.29 is 21.6 Å². The Bertz CT molecular complexity index is 591. The number of alkyl halides is 3. The Morgan fingerprint density at radius 2 is 1.83 bits per heavy atom. The Kier molecular flexibility index (Phi) is 7.76. The maximum Gasteiger partial charge on any atom is 0.417 e. The molecule has 0 spiro atoms. The summed E-state index contributed by atoms with van der Waals surface area (Å²) in [5.41, 5.74) is -1.09. The molecule has 3 nitrogen and oxygen atoms in total. The van der Waals surface area contributed by atoms with Crippen LogP contribution in [-0.2, 0) is 16.0 Å². The molecule has 0 aliphatic carbocycles. The molecule has 0 amide bonds. The van der Waals surface area contributed by atoms with E-state index in [2.05, 4.69) is 6.92 Å². The van der Waals surface area contributed by atoms with Crippen molar-refractivity contribution in [2.24, 2.45) is 0 Å². The Balaban J connectivity index is 2.73. The summed E-state index contributed by atoms with van der Waals surface area (Å²) in [6.45, 7) is 2.73. The molecule has 0 aromatic heterocycles. The topological polar surface area (TPSA) is 37.4 Å². The highest BCUT2D eigenvalue weighted by atomic mass is 32.2. The Hall–Kier alpha value is -0.863. The van der Waals surface area contributed by atoms with Crippen LogP contribution in [0.3, 0.4) is 0 Å². The summed E-state index contributed by atoms with van der Waals surface area (Å²) in [6, 6.07) is 6.77. The number of rotatable bonds is 9. The van der Waals surface area contributed by atoms with Gasteiger partial charge >= 0.3 is 6.18 Å². The van der Waals surface area contributed by atoms with E-state index in [4.69, 9.17) is 0 Å². The minimum Gasteiger partial charge on any atom is -0.293 e. The average Bonchev–Trinajstić information content (AvgIpc) is 2.45. The van der Waals surface area contributed by atoms with Crippen LogP contribution in [0.15, 0.2) is 29.2 Å². The van der Waals surface area contributed by atoms with Crippen molar-refractivity contribution in [1.29, 1.82) is 0 Å². The number of sulfone groups is 1. The summed E-state index contributed by atoms with van der Waals surface area (Å²) < 4.78 is 63.5. The van der Waals surface area contributed by atoms with E-state index in [0.717, 1.165) is 24.6 Å². The van der Waals surface area contributed by atoms with E-state index in [1.165, 1.54) is 24.6 Å². The third kappa shape index (κ3) is 6.64. The summed E-state index contributed by atoms with van der Waals surface area (Å²) in [4.78, 5) is 0.947. The van der Waals surface area contributed by atoms with Crippen LogP contribution in [0.5, 0.6) is 0 Å². The van der Waals surface area contributed by atoms with E-state index < -0.39 is 32.3 Å². The lowest BCUT2D eigenvalue weighted by atomic mass is 10.2. The average molecular weight is 368 g/mol. The van der Waals surface area contributed by atoms with Crippen LogP contribution in [0, 0.1) is 0 Å². The molecule has 0 bridgehead atoms. The summed E-state index contributed by atoms with van der Waals surface area (Å²) in [6.07, 6.45) is -2.59. The molecule has 0 saturated heterocycles. The summed E-state index contributed by atoms with van der Waals surface area (Å²) in [7, 11) is -2.44. The predicted molar refractivity (Wildman–Crippen MR) is 89.2 cm³/mol. The minimum atomic E-state index is -4.67. The molecule has 1 aromatic carbocycles. The van der Waals surface area contributed by atoms with Crippen LogP contribution < -0.4 is 0 Å². The first kappa shape index (κ1) is 20.2. The van der Waals surface area contributed by atoms with Gasteiger partial charge in [-0.05, 0) is 32.1 Å². The number of hydrogen-bond acceptors (Lipinski definition) is 3. The van der Waals surface area contributed by atoms with E-state index >= 15 is 0 Å². The van der Waals surface area contributed by atoms with E-state index in [1.807, 2.05) is 0 Å². The van der Waals surface area contributed by atoms with Gasteiger partial charge in [-0.2, -0.15) is 13.2 Å². The lowest BCUT2D eigenvalue weighted by Gasteiger charge is -2.19. The minimum absolute atomic E-state index is 0.0742. The number of nitrogens with zero attached hydrogens (tertiary/aromatic N) is 1. The zero-order valence-corrected chi connectivity index (χ0v) is 15.8. The molecular weight excluding hydrogens is 343 g/mol. The SMILES string of the molecule is CCC[SiH2]CCCN(C)CS(=O)(=O)c1ccccc1C(F)(F)F. The molecule has 23 heavy (non-hydrogen) atoms. The molecule has 8 heteroatoms. The molecule has 0 fully saturated rings. The molecule has 0 heterocycles. The van der Waals surface area contributed by atoms with Crippen LogP contribution in [0.25, 0.3) is 0 Å². The van der Waals surface area contributed by atoms with E-state index in [0.29, 0.717) is 6.54 Å². The normalized spacial score (nSPS) is 13.3. The highest BCUT2D eigenvalue weighted by molar-refractivity contribution is 7.91. The number of benzene rings is 1. The molecule has 0 unspecified atom stereocenters. The second-order valence-electron chi connectivity index (χ2n) is 5.73. The van der Waals surface area contributed by atoms with Crippen LogP contribution in [0.1, 0.15) is 25.3 Å². The van der Waals surface area contributed by atoms with Crippen LogP contribution in [-0.4, -0.2) is 42.3 Å². The lowest BCUT2D eigenvalue weighted by molar-refractivity contribution is -0.139. The highest BCUT2D eigenvalue weighted by Crippen LogP contribution is 2.34. The number of hydrogen-bond donors (Lipinski definition) is 0. The largest absolute Gasteiger partial charge is 0.417 e. The van der Waals surface area contributed by atoms with Gasteiger partial charge in [0.2, 0.25) is 0 Å². The lowest BCUT2D eigenvalue weighted by Crippen LogP contribution is -2.28. The van der Waals surface area contributed by atoms with E-state index in [1.54, 1.807) is 11.9 Å². The fourth-order valence-electron chi connectivity index (χ4n) is 2.38. The van der Waals surface area contributed by atoms with Crippen molar-refractivity contribution in [3.05, 3.63) is 29.8 Å². The van der Waals surface area contributed by atoms with Gasteiger partial charge in [-0.1, -0.05) is 37.6 Å². The molecule has 0 aliphatic heterocycles. The summed E-state index contributed by atoms with van der Waals surface area (Å²) in [5, 5.41) is 0. The third-order valence-electron chi connectivity index (χ3n) is 3.56. The zero-order chi connectivity index (χ0) is 17.5. The monoisotopic (exact) mass is 367 g/mol. The molecule has 0 N–H and O–H groups in total. The molecule has 0 radical (unpaired) electrons. The van der Waals surface area contributed by atoms with Gasteiger partial charge in [-0.25, -0.2) is 8.42 Å². The first-order valence-electron chi connectivity index (χ1n) is 7.76. The quantitative estimate of drug-likeness (QED) is 0.497. The van der Waals surface area contributed by atoms with Gasteiger partial charge in [-0.3, -0.25) is 4.90 Å². The molecule has 1 aromatic rings. The maximum absolute atomic E-state index is 13.0. The Morgan fingerprint density at radius 3 is 2.43 bits per heavy atom. The smallest absolute Gasteiger partial charge is 0.293 e. The molecule has 0 saturated carbocycles. The molecule has 0 atom stereocenters. The predicted octanol–water partition coefficient (Wildman–Crippen LogP) is 3.17. The van der Waals surface area contributed by atoms with Crippen LogP contribution in [0.2, 0.25) is 12.1 Å². The molecule has 132 valence electrons. The second kappa shape index (κ2) is 8.84. The number of halogens is 3. The van der Waals surface area contributed by atoms with Crippen molar-refractivity contribution in [3.63, 3.8) is 0 Å². The standard InChI is InChI=1S/C15H24F3NO2SSi/c1-3-10-23-11-6-9-19(2)12-22(20,21)14-8-5-4-7-13(14)15(16,17)18/h4-5,7-8H,3,6,9-12,23H2,1-2H3. The first-order chi connectivity index (χ1) is 10.7. The van der Waals surface area contributed by atoms with Gasteiger partial charge in [0, 0.05) is 9.52 Å². The summed E-state index contributed by atoms with van der Waals surface area (Å²) in [5.74, 6) is -0.393. The molecular formula is C15H24F3NO2SSi. The van der Waals surface area contributed by atoms with Crippen molar-refractivity contribution in [1.82, 2.24) is 4.90 Å². The van der Waals surface area contributed by atoms with Gasteiger partial charge in [0.15, 0.2) is 9.84 Å². The van der Waals surface area contributed by atoms with E-state index in [-0.39, 0.29) is 9.52 Å². The van der Waals surface area contributed by atoms with Crippen molar-refractivity contribution >= 4 is 19.4 Å². The van der Waals surface area contributed by atoms with Gasteiger partial charge in [0.05, 0.1) is 10.5 Å². The Morgan fingerprint density at radius 1 is 1.17 bits per heavy atom. The molecule has 0 aliphatic rings. The fourth-order valence-corrected chi connectivity index (χ4v) is 5.47. The summed E-state index contributed by atoms with van der Waals surface area (Å²) >= 11 is 0. The van der Waals surface area contributed by atoms with Crippen LogP contribution in [0.4, 0.5) is 13.2 Å². The van der Waals surface area contributed by atoms with Gasteiger partial charge in [0.1, 0.15) is 5.88 Å². The van der Waals surface area contributed by atoms with Crippen LogP contribution >= 0.6 is 0 Å². The maximum atomic E-state index is 13.0. The van der Waals surface area contributed by atoms with Crippen molar-refractivity contribution in [3.8, 4) is 0 Å².